The van der Waals surface area contributed by atoms with Crippen molar-refractivity contribution in [3.05, 3.63) is 87.1 Å². The lowest BCUT2D eigenvalue weighted by Crippen LogP contribution is -2.46. The second-order valence-corrected chi connectivity index (χ2v) is 8.97. The van der Waals surface area contributed by atoms with E-state index in [4.69, 9.17) is 21.4 Å². The van der Waals surface area contributed by atoms with Crippen molar-refractivity contribution in [2.45, 2.75) is 24.6 Å². The highest BCUT2D eigenvalue weighted by Gasteiger charge is 2.59. The number of rotatable bonds is 6. The molecule has 2 aromatic heterocycles. The molecule has 0 saturated heterocycles. The molecule has 0 fully saturated rings. The molecule has 0 saturated carbocycles. The van der Waals surface area contributed by atoms with E-state index in [9.17, 15) is 27.9 Å². The number of aliphatic hydroxyl groups is 1. The lowest BCUT2D eigenvalue weighted by atomic mass is 9.77. The second-order valence-electron chi connectivity index (χ2n) is 8.56. The van der Waals surface area contributed by atoms with E-state index in [1.54, 1.807) is 0 Å². The molecule has 0 bridgehead atoms. The van der Waals surface area contributed by atoms with Crippen molar-refractivity contribution in [2.75, 3.05) is 0 Å². The highest BCUT2D eigenvalue weighted by atomic mass is 35.5. The summed E-state index contributed by atoms with van der Waals surface area (Å²) in [5, 5.41) is 20.0. The van der Waals surface area contributed by atoms with Gasteiger partial charge in [-0.2, -0.15) is 13.2 Å². The van der Waals surface area contributed by atoms with Crippen LogP contribution in [0.3, 0.4) is 0 Å². The Morgan fingerprint density at radius 1 is 1.03 bits per heavy atom. The van der Waals surface area contributed by atoms with Crippen LogP contribution in [0.4, 0.5) is 13.2 Å². The van der Waals surface area contributed by atoms with Crippen LogP contribution in [0.1, 0.15) is 34.5 Å². The number of hydrogen-bond donors (Lipinski definition) is 2. The SMILES string of the molecule is CC(c1ccc(Oc2ccc(C(=O)O)nc2)cc1Cl)C(O)(c1ccc2c(c1)n(C)c(=O)n2C)C(F)(F)F. The van der Waals surface area contributed by atoms with Crippen molar-refractivity contribution in [2.24, 2.45) is 14.1 Å². The summed E-state index contributed by atoms with van der Waals surface area (Å²) in [4.78, 5) is 26.9. The van der Waals surface area contributed by atoms with Crippen LogP contribution >= 0.6 is 11.6 Å². The largest absolute Gasteiger partial charge is 0.477 e. The van der Waals surface area contributed by atoms with E-state index in [2.05, 4.69) is 4.98 Å². The topological polar surface area (TPSA) is 107 Å². The third kappa shape index (κ3) is 4.44. The van der Waals surface area contributed by atoms with Crippen LogP contribution in [0, 0.1) is 0 Å². The van der Waals surface area contributed by atoms with Crippen LogP contribution in [-0.4, -0.2) is 36.5 Å². The van der Waals surface area contributed by atoms with Crippen molar-refractivity contribution in [1.29, 1.82) is 0 Å². The maximum absolute atomic E-state index is 14.5. The van der Waals surface area contributed by atoms with Gasteiger partial charge in [0.15, 0.2) is 5.60 Å². The van der Waals surface area contributed by atoms with Gasteiger partial charge in [-0.1, -0.05) is 30.7 Å². The minimum atomic E-state index is -5.09. The number of carboxylic acid groups (broad SMARTS) is 1. The fourth-order valence-electron chi connectivity index (χ4n) is 4.25. The molecule has 2 atom stereocenters. The zero-order valence-electron chi connectivity index (χ0n) is 19.7. The van der Waals surface area contributed by atoms with Crippen LogP contribution in [0.5, 0.6) is 11.5 Å². The van der Waals surface area contributed by atoms with E-state index in [0.29, 0.717) is 5.52 Å². The Morgan fingerprint density at radius 2 is 1.68 bits per heavy atom. The average Bonchev–Trinajstić information content (AvgIpc) is 3.06. The van der Waals surface area contributed by atoms with Gasteiger partial charge in [0, 0.05) is 25.0 Å². The molecule has 4 rings (SSSR count). The normalized spacial score (nSPS) is 14.4. The first-order valence-corrected chi connectivity index (χ1v) is 11.2. The first kappa shape index (κ1) is 26.2. The standard InChI is InChI=1S/C25H21ClF3N3O5/c1-13(17-7-5-15(11-18(17)26)37-16-6-8-19(22(33)34)30-12-16)24(36,25(27,28)29)14-4-9-20-21(10-14)32(3)23(35)31(20)2/h4-13,36H,1-3H3,(H,33,34). The predicted molar refractivity (Wildman–Crippen MR) is 129 cm³/mol. The first-order valence-electron chi connectivity index (χ1n) is 10.9. The van der Waals surface area contributed by atoms with Crippen molar-refractivity contribution in [1.82, 2.24) is 14.1 Å². The fraction of sp³-hybridized carbons (Fsp3) is 0.240. The second kappa shape index (κ2) is 9.24. The van der Waals surface area contributed by atoms with Gasteiger partial charge in [0.05, 0.1) is 17.2 Å². The maximum atomic E-state index is 14.5. The Kier molecular flexibility index (Phi) is 6.55. The summed E-state index contributed by atoms with van der Waals surface area (Å²) >= 11 is 6.34. The number of nitrogens with zero attached hydrogens (tertiary/aromatic N) is 3. The third-order valence-electron chi connectivity index (χ3n) is 6.40. The van der Waals surface area contributed by atoms with Gasteiger partial charge in [-0.3, -0.25) is 9.13 Å². The summed E-state index contributed by atoms with van der Waals surface area (Å²) in [5.74, 6) is -2.40. The Hall–Kier alpha value is -3.83. The Bertz CT molecular complexity index is 1560. The highest BCUT2D eigenvalue weighted by Crippen LogP contribution is 2.50. The van der Waals surface area contributed by atoms with Gasteiger partial charge in [-0.25, -0.2) is 14.6 Å². The summed E-state index contributed by atoms with van der Waals surface area (Å²) in [6.07, 6.45) is -3.91. The van der Waals surface area contributed by atoms with E-state index in [-0.39, 0.29) is 33.3 Å². The van der Waals surface area contributed by atoms with E-state index in [1.807, 2.05) is 0 Å². The fourth-order valence-corrected chi connectivity index (χ4v) is 4.59. The Labute approximate surface area is 213 Å². The molecular formula is C25H21ClF3N3O5. The third-order valence-corrected chi connectivity index (χ3v) is 6.73. The van der Waals surface area contributed by atoms with Gasteiger partial charge in [0.1, 0.15) is 17.2 Å². The predicted octanol–water partition coefficient (Wildman–Crippen LogP) is 4.97. The number of hydrogen-bond acceptors (Lipinski definition) is 5. The molecule has 8 nitrogen and oxygen atoms in total. The summed E-state index contributed by atoms with van der Waals surface area (Å²) in [6, 6.07) is 10.2. The number of aromatic carboxylic acids is 1. The van der Waals surface area contributed by atoms with Crippen LogP contribution in [-0.2, 0) is 19.7 Å². The van der Waals surface area contributed by atoms with Crippen molar-refractivity contribution >= 4 is 28.6 Å². The van der Waals surface area contributed by atoms with Crippen molar-refractivity contribution in [3.63, 3.8) is 0 Å². The number of carbonyl (C=O) groups is 1. The van der Waals surface area contributed by atoms with Gasteiger partial charge in [0.2, 0.25) is 0 Å². The number of fused-ring (bicyclic) bond motifs is 1. The number of imidazole rings is 1. The number of alkyl halides is 3. The van der Waals surface area contributed by atoms with Crippen molar-refractivity contribution in [3.8, 4) is 11.5 Å². The van der Waals surface area contributed by atoms with E-state index in [0.717, 1.165) is 12.1 Å². The molecule has 37 heavy (non-hydrogen) atoms. The molecule has 0 aliphatic rings. The minimum absolute atomic E-state index is 0.00948. The number of carboxylic acids is 1. The van der Waals surface area contributed by atoms with E-state index in [1.165, 1.54) is 72.7 Å². The first-order chi connectivity index (χ1) is 17.3. The molecule has 0 aliphatic carbocycles. The molecule has 2 N–H and O–H groups in total. The zero-order valence-corrected chi connectivity index (χ0v) is 20.5. The van der Waals surface area contributed by atoms with Crippen LogP contribution in [0.25, 0.3) is 11.0 Å². The molecule has 0 radical (unpaired) electrons. The zero-order chi connectivity index (χ0) is 27.3. The van der Waals surface area contributed by atoms with Crippen LogP contribution in [0.15, 0.2) is 59.5 Å². The Balaban J connectivity index is 1.72. The number of aryl methyl sites for hydroxylation is 2. The molecule has 2 unspecified atom stereocenters. The minimum Gasteiger partial charge on any atom is -0.477 e. The van der Waals surface area contributed by atoms with Gasteiger partial charge in [0.25, 0.3) is 0 Å². The van der Waals surface area contributed by atoms with Gasteiger partial charge < -0.3 is 14.9 Å². The number of aromatic nitrogens is 3. The molecule has 0 amide bonds. The summed E-state index contributed by atoms with van der Waals surface area (Å²) < 4.78 is 51.5. The summed E-state index contributed by atoms with van der Waals surface area (Å²) in [6.45, 7) is 1.21. The van der Waals surface area contributed by atoms with Crippen LogP contribution < -0.4 is 10.4 Å². The quantitative estimate of drug-likeness (QED) is 0.361. The van der Waals surface area contributed by atoms with Gasteiger partial charge in [-0.15, -0.1) is 0 Å². The molecule has 0 spiro atoms. The van der Waals surface area contributed by atoms with E-state index >= 15 is 0 Å². The number of ether oxygens (including phenoxy) is 1. The lowest BCUT2D eigenvalue weighted by Gasteiger charge is -2.37. The van der Waals surface area contributed by atoms with E-state index < -0.39 is 34.9 Å². The lowest BCUT2D eigenvalue weighted by molar-refractivity contribution is -0.274. The molecule has 2 heterocycles. The maximum Gasteiger partial charge on any atom is 0.422 e. The molecule has 2 aromatic carbocycles. The van der Waals surface area contributed by atoms with Gasteiger partial charge >= 0.3 is 17.8 Å². The molecule has 0 aliphatic heterocycles. The molecule has 4 aromatic rings. The number of halogens is 4. The van der Waals surface area contributed by atoms with Crippen LogP contribution in [0.2, 0.25) is 5.02 Å². The van der Waals surface area contributed by atoms with Gasteiger partial charge in [-0.05, 0) is 47.5 Å². The monoisotopic (exact) mass is 535 g/mol. The van der Waals surface area contributed by atoms with Crippen molar-refractivity contribution < 1.29 is 32.9 Å². The summed E-state index contributed by atoms with van der Waals surface area (Å²) in [7, 11) is 2.94. The molecule has 194 valence electrons. The smallest absolute Gasteiger partial charge is 0.422 e. The average molecular weight is 536 g/mol. The Morgan fingerprint density at radius 3 is 2.24 bits per heavy atom. The molecule has 12 heteroatoms. The summed E-state index contributed by atoms with van der Waals surface area (Å²) in [5.41, 5.74) is -3.72. The number of benzene rings is 2. The number of pyridine rings is 1. The molecular weight excluding hydrogens is 515 g/mol. The highest BCUT2D eigenvalue weighted by molar-refractivity contribution is 6.31.